The van der Waals surface area contributed by atoms with Gasteiger partial charge < -0.3 is 9.15 Å². The second kappa shape index (κ2) is 7.14. The molecule has 1 aliphatic heterocycles. The van der Waals surface area contributed by atoms with E-state index in [1.54, 1.807) is 0 Å². The van der Waals surface area contributed by atoms with E-state index in [4.69, 9.17) is 9.15 Å². The van der Waals surface area contributed by atoms with Gasteiger partial charge in [-0.1, -0.05) is 103 Å². The smallest absolute Gasteiger partial charge is 0.255 e. The van der Waals surface area contributed by atoms with Gasteiger partial charge in [-0.3, -0.25) is 0 Å². The van der Waals surface area contributed by atoms with Crippen molar-refractivity contribution in [3.05, 3.63) is 115 Å². The summed E-state index contributed by atoms with van der Waals surface area (Å²) in [6, 6.07) is 40.0. The molecule has 0 bridgehead atoms. The fourth-order valence-electron chi connectivity index (χ4n) is 5.16. The van der Waals surface area contributed by atoms with Crippen LogP contribution in [-0.4, -0.2) is 6.71 Å². The molecular formula is C30H19BO2. The molecule has 2 heterocycles. The van der Waals surface area contributed by atoms with Gasteiger partial charge in [0.25, 0.3) is 6.71 Å². The highest BCUT2D eigenvalue weighted by molar-refractivity contribution is 6.98. The van der Waals surface area contributed by atoms with E-state index in [0.717, 1.165) is 61.0 Å². The van der Waals surface area contributed by atoms with Gasteiger partial charge in [0, 0.05) is 16.3 Å². The minimum atomic E-state index is 0.0376. The maximum atomic E-state index is 6.71. The summed E-state index contributed by atoms with van der Waals surface area (Å²) in [5.41, 5.74) is 7.62. The Morgan fingerprint density at radius 1 is 0.455 bits per heavy atom. The molecule has 0 amide bonds. The van der Waals surface area contributed by atoms with Gasteiger partial charge in [0.15, 0.2) is 0 Å². The number of rotatable bonds is 2. The summed E-state index contributed by atoms with van der Waals surface area (Å²) >= 11 is 0. The highest BCUT2D eigenvalue weighted by Gasteiger charge is 2.34. The minimum absolute atomic E-state index is 0.0376. The van der Waals surface area contributed by atoms with Crippen molar-refractivity contribution in [2.75, 3.05) is 0 Å². The minimum Gasteiger partial charge on any atom is -0.458 e. The molecule has 0 saturated heterocycles. The maximum Gasteiger partial charge on any atom is 0.255 e. The van der Waals surface area contributed by atoms with Crippen LogP contribution in [0, 0.1) is 0 Å². The Hall–Kier alpha value is -4.24. The van der Waals surface area contributed by atoms with Gasteiger partial charge in [0.05, 0.1) is 0 Å². The van der Waals surface area contributed by atoms with Crippen molar-refractivity contribution in [1.29, 1.82) is 0 Å². The second-order valence-electron chi connectivity index (χ2n) is 8.48. The highest BCUT2D eigenvalue weighted by Crippen LogP contribution is 2.35. The van der Waals surface area contributed by atoms with Crippen LogP contribution in [-0.2, 0) is 0 Å². The number of hydrogen-bond donors (Lipinski definition) is 0. The van der Waals surface area contributed by atoms with Crippen LogP contribution < -0.4 is 21.1 Å². The van der Waals surface area contributed by atoms with Gasteiger partial charge >= 0.3 is 0 Å². The van der Waals surface area contributed by atoms with Crippen LogP contribution in [0.25, 0.3) is 33.1 Å². The Bertz CT molecular complexity index is 1600. The van der Waals surface area contributed by atoms with Crippen LogP contribution in [0.4, 0.5) is 0 Å². The monoisotopic (exact) mass is 422 g/mol. The zero-order valence-corrected chi connectivity index (χ0v) is 17.9. The summed E-state index contributed by atoms with van der Waals surface area (Å²) in [5, 5.41) is 2.28. The van der Waals surface area contributed by atoms with Crippen LogP contribution >= 0.6 is 0 Å². The molecule has 0 aliphatic carbocycles. The molecule has 0 unspecified atom stereocenters. The van der Waals surface area contributed by atoms with Crippen molar-refractivity contribution >= 4 is 45.0 Å². The van der Waals surface area contributed by atoms with Crippen LogP contribution in [0.15, 0.2) is 120 Å². The molecule has 154 valence electrons. The second-order valence-corrected chi connectivity index (χ2v) is 8.48. The van der Waals surface area contributed by atoms with E-state index >= 15 is 0 Å². The van der Waals surface area contributed by atoms with E-state index in [0.29, 0.717) is 0 Å². The van der Waals surface area contributed by atoms with E-state index < -0.39 is 0 Å². The zero-order chi connectivity index (χ0) is 21.8. The first-order valence-corrected chi connectivity index (χ1v) is 11.2. The topological polar surface area (TPSA) is 22.4 Å². The average Bonchev–Trinajstić information content (AvgIpc) is 3.27. The summed E-state index contributed by atoms with van der Waals surface area (Å²) in [7, 11) is 0. The Morgan fingerprint density at radius 3 is 1.76 bits per heavy atom. The summed E-state index contributed by atoms with van der Waals surface area (Å²) in [6.07, 6.45) is 0. The van der Waals surface area contributed by atoms with E-state index in [1.165, 1.54) is 0 Å². The van der Waals surface area contributed by atoms with Gasteiger partial charge in [-0.2, -0.15) is 0 Å². The number of benzene rings is 5. The fourth-order valence-corrected chi connectivity index (χ4v) is 5.16. The molecule has 5 aromatic carbocycles. The average molecular weight is 422 g/mol. The Balaban J connectivity index is 1.53. The molecule has 0 N–H and O–H groups in total. The van der Waals surface area contributed by atoms with E-state index in [2.05, 4.69) is 84.9 Å². The number of hydrogen-bond acceptors (Lipinski definition) is 2. The molecule has 0 fully saturated rings. The number of fused-ring (bicyclic) bond motifs is 5. The lowest BCUT2D eigenvalue weighted by Crippen LogP contribution is -2.54. The molecule has 3 heteroatoms. The molecule has 1 aromatic heterocycles. The number of para-hydroxylation sites is 4. The first kappa shape index (κ1) is 18.3. The predicted molar refractivity (Wildman–Crippen MR) is 137 cm³/mol. The molecule has 0 atom stereocenters. The maximum absolute atomic E-state index is 6.71. The normalized spacial score (nSPS) is 12.4. The van der Waals surface area contributed by atoms with Crippen molar-refractivity contribution in [2.24, 2.45) is 0 Å². The summed E-state index contributed by atoms with van der Waals surface area (Å²) in [5.74, 6) is 1.80. The van der Waals surface area contributed by atoms with Gasteiger partial charge in [0.1, 0.15) is 22.7 Å². The molecule has 0 spiro atoms. The number of furan rings is 1. The van der Waals surface area contributed by atoms with Crippen molar-refractivity contribution in [2.45, 2.75) is 0 Å². The molecule has 7 rings (SSSR count). The third-order valence-electron chi connectivity index (χ3n) is 6.63. The molecular weight excluding hydrogens is 403 g/mol. The Kier molecular flexibility index (Phi) is 3.97. The van der Waals surface area contributed by atoms with Crippen LogP contribution in [0.2, 0.25) is 0 Å². The Labute approximate surface area is 192 Å². The van der Waals surface area contributed by atoms with Gasteiger partial charge in [0.2, 0.25) is 0 Å². The number of ether oxygens (including phenoxy) is 1. The molecule has 0 radical (unpaired) electrons. The summed E-state index contributed by atoms with van der Waals surface area (Å²) < 4.78 is 13.0. The van der Waals surface area contributed by atoms with Gasteiger partial charge in [-0.25, -0.2) is 0 Å². The van der Waals surface area contributed by atoms with Crippen LogP contribution in [0.3, 0.4) is 0 Å². The summed E-state index contributed by atoms with van der Waals surface area (Å²) in [6.45, 7) is 0.0376. The van der Waals surface area contributed by atoms with Gasteiger partial charge in [-0.15, -0.1) is 0 Å². The zero-order valence-electron chi connectivity index (χ0n) is 17.9. The third-order valence-corrected chi connectivity index (χ3v) is 6.63. The standard InChI is InChI=1S/C30H19BO2/c1-2-10-20(11-3-1)21-12-8-13-22-23-14-9-17-26(30(23)33-29(21)22)31-24-15-4-6-18-27(24)32-28-19-7-5-16-25(28)31/h1-19H. The molecule has 33 heavy (non-hydrogen) atoms. The van der Waals surface area contributed by atoms with Crippen molar-refractivity contribution in [1.82, 2.24) is 0 Å². The lowest BCUT2D eigenvalue weighted by molar-refractivity contribution is 0.487. The first-order chi connectivity index (χ1) is 16.4. The lowest BCUT2D eigenvalue weighted by atomic mass is 9.35. The van der Waals surface area contributed by atoms with Crippen molar-refractivity contribution < 1.29 is 9.15 Å². The Morgan fingerprint density at radius 2 is 1.03 bits per heavy atom. The highest BCUT2D eigenvalue weighted by atomic mass is 16.5. The lowest BCUT2D eigenvalue weighted by Gasteiger charge is -2.26. The van der Waals surface area contributed by atoms with Crippen LogP contribution in [0.5, 0.6) is 11.5 Å². The SMILES string of the molecule is c1ccc(-c2cccc3c2oc2c(B4c5ccccc5Oc5ccccc54)cccc23)cc1. The van der Waals surface area contributed by atoms with E-state index in [9.17, 15) is 0 Å². The summed E-state index contributed by atoms with van der Waals surface area (Å²) in [4.78, 5) is 0. The van der Waals surface area contributed by atoms with Crippen molar-refractivity contribution in [3.8, 4) is 22.6 Å². The first-order valence-electron chi connectivity index (χ1n) is 11.2. The van der Waals surface area contributed by atoms with E-state index in [1.807, 2.05) is 30.3 Å². The third kappa shape index (κ3) is 2.76. The van der Waals surface area contributed by atoms with E-state index in [-0.39, 0.29) is 6.71 Å². The largest absolute Gasteiger partial charge is 0.458 e. The van der Waals surface area contributed by atoms with Crippen LogP contribution in [0.1, 0.15) is 0 Å². The fraction of sp³-hybridized carbons (Fsp3) is 0. The van der Waals surface area contributed by atoms with Gasteiger partial charge in [-0.05, 0) is 34.1 Å². The van der Waals surface area contributed by atoms with Crippen molar-refractivity contribution in [3.63, 3.8) is 0 Å². The molecule has 2 nitrogen and oxygen atoms in total. The molecule has 0 saturated carbocycles. The molecule has 6 aromatic rings. The molecule has 1 aliphatic rings. The predicted octanol–water partition coefficient (Wildman–Crippen LogP) is 5.87. The quantitative estimate of drug-likeness (QED) is 0.325.